The third-order valence-corrected chi connectivity index (χ3v) is 6.57. The molecule has 0 radical (unpaired) electrons. The van der Waals surface area contributed by atoms with Gasteiger partial charge < -0.3 is 5.32 Å². The summed E-state index contributed by atoms with van der Waals surface area (Å²) in [6, 6.07) is 12.6. The number of hydrogen-bond acceptors (Lipinski definition) is 4. The number of anilines is 2. The van der Waals surface area contributed by atoms with Crippen molar-refractivity contribution in [1.82, 2.24) is 4.31 Å². The molecular weight excluding hydrogens is 366 g/mol. The van der Waals surface area contributed by atoms with E-state index in [2.05, 4.69) is 5.32 Å². The van der Waals surface area contributed by atoms with Gasteiger partial charge >= 0.3 is 0 Å². The maximum atomic E-state index is 12.9. The molecule has 0 atom stereocenters. The molecule has 0 spiro atoms. The highest BCUT2D eigenvalue weighted by Gasteiger charge is 2.28. The largest absolute Gasteiger partial charge is 0.323 e. The molecule has 1 N–H and O–H groups in total. The Hall–Kier alpha value is -2.71. The average molecular weight is 387 g/mol. The van der Waals surface area contributed by atoms with Gasteiger partial charge in [0.15, 0.2) is 0 Å². The van der Waals surface area contributed by atoms with Crippen LogP contribution in [0, 0.1) is 0 Å². The molecule has 0 bridgehead atoms. The van der Waals surface area contributed by atoms with Crippen molar-refractivity contribution in [3.05, 3.63) is 54.1 Å². The van der Waals surface area contributed by atoms with Gasteiger partial charge in [-0.25, -0.2) is 8.42 Å². The smallest absolute Gasteiger partial charge is 0.258 e. The SMILES string of the molecule is CC(C)N(C)S(=O)(=O)c1ccc(C(=O)N2CC(=O)Nc3ccccc32)cc1. The van der Waals surface area contributed by atoms with Crippen LogP contribution in [0.5, 0.6) is 0 Å². The molecule has 0 saturated carbocycles. The molecule has 142 valence electrons. The van der Waals surface area contributed by atoms with Crippen LogP contribution in [0.2, 0.25) is 0 Å². The molecule has 7 nitrogen and oxygen atoms in total. The number of rotatable bonds is 4. The summed E-state index contributed by atoms with van der Waals surface area (Å²) in [4.78, 5) is 26.3. The fourth-order valence-electron chi connectivity index (χ4n) is 2.78. The van der Waals surface area contributed by atoms with Gasteiger partial charge in [-0.15, -0.1) is 0 Å². The van der Waals surface area contributed by atoms with Crippen molar-refractivity contribution in [2.24, 2.45) is 0 Å². The lowest BCUT2D eigenvalue weighted by molar-refractivity contribution is -0.115. The van der Waals surface area contributed by atoms with Crippen molar-refractivity contribution in [3.63, 3.8) is 0 Å². The number of nitrogens with zero attached hydrogens (tertiary/aromatic N) is 2. The summed E-state index contributed by atoms with van der Waals surface area (Å²) in [5.74, 6) is -0.640. The molecular formula is C19H21N3O4S. The molecule has 0 unspecified atom stereocenters. The molecule has 3 rings (SSSR count). The third kappa shape index (κ3) is 3.58. The number of nitrogens with one attached hydrogen (secondary N) is 1. The Kier molecular flexibility index (Phi) is 5.03. The molecule has 1 heterocycles. The van der Waals surface area contributed by atoms with Crippen LogP contribution < -0.4 is 10.2 Å². The Labute approximate surface area is 158 Å². The molecule has 8 heteroatoms. The first-order chi connectivity index (χ1) is 12.7. The molecule has 1 aliphatic heterocycles. The van der Waals surface area contributed by atoms with Gasteiger partial charge in [-0.05, 0) is 50.2 Å². The number of carbonyl (C=O) groups is 2. The number of para-hydroxylation sites is 2. The van der Waals surface area contributed by atoms with Crippen molar-refractivity contribution in [2.75, 3.05) is 23.8 Å². The van der Waals surface area contributed by atoms with Crippen LogP contribution >= 0.6 is 0 Å². The van der Waals surface area contributed by atoms with Crippen LogP contribution in [-0.2, 0) is 14.8 Å². The van der Waals surface area contributed by atoms with Gasteiger partial charge in [0, 0.05) is 18.7 Å². The highest BCUT2D eigenvalue weighted by molar-refractivity contribution is 7.89. The lowest BCUT2D eigenvalue weighted by Crippen LogP contribution is -2.42. The molecule has 2 aromatic rings. The maximum absolute atomic E-state index is 12.9. The molecule has 0 aromatic heterocycles. The van der Waals surface area contributed by atoms with E-state index < -0.39 is 10.0 Å². The van der Waals surface area contributed by atoms with Gasteiger partial charge in [-0.1, -0.05) is 12.1 Å². The quantitative estimate of drug-likeness (QED) is 0.872. The van der Waals surface area contributed by atoms with Gasteiger partial charge in [0.05, 0.1) is 16.3 Å². The minimum Gasteiger partial charge on any atom is -0.323 e. The normalized spacial score (nSPS) is 14.3. The summed E-state index contributed by atoms with van der Waals surface area (Å²) >= 11 is 0. The fraction of sp³-hybridized carbons (Fsp3) is 0.263. The Morgan fingerprint density at radius 3 is 2.37 bits per heavy atom. The lowest BCUT2D eigenvalue weighted by atomic mass is 10.1. The van der Waals surface area contributed by atoms with E-state index in [4.69, 9.17) is 0 Å². The van der Waals surface area contributed by atoms with E-state index in [0.29, 0.717) is 16.9 Å². The summed E-state index contributed by atoms with van der Waals surface area (Å²) in [7, 11) is -2.10. The van der Waals surface area contributed by atoms with Crippen LogP contribution in [-0.4, -0.2) is 44.2 Å². The van der Waals surface area contributed by atoms with E-state index in [1.165, 1.54) is 40.5 Å². The molecule has 0 aliphatic carbocycles. The van der Waals surface area contributed by atoms with E-state index in [1.54, 1.807) is 38.1 Å². The summed E-state index contributed by atoms with van der Waals surface area (Å²) in [6.45, 7) is 3.48. The predicted octanol–water partition coefficient (Wildman–Crippen LogP) is 2.31. The molecule has 0 saturated heterocycles. The fourth-order valence-corrected chi connectivity index (χ4v) is 4.15. The number of benzene rings is 2. The van der Waals surface area contributed by atoms with E-state index in [1.807, 2.05) is 0 Å². The molecule has 27 heavy (non-hydrogen) atoms. The molecule has 0 fully saturated rings. The van der Waals surface area contributed by atoms with Gasteiger partial charge in [0.1, 0.15) is 6.54 Å². The topological polar surface area (TPSA) is 86.8 Å². The van der Waals surface area contributed by atoms with Gasteiger partial charge in [0.2, 0.25) is 15.9 Å². The minimum atomic E-state index is -3.62. The van der Waals surface area contributed by atoms with E-state index in [9.17, 15) is 18.0 Å². The Morgan fingerprint density at radius 1 is 1.11 bits per heavy atom. The minimum absolute atomic E-state index is 0.0913. The summed E-state index contributed by atoms with van der Waals surface area (Å²) < 4.78 is 26.4. The number of fused-ring (bicyclic) bond motifs is 1. The van der Waals surface area contributed by atoms with Crippen molar-refractivity contribution in [3.8, 4) is 0 Å². The second-order valence-electron chi connectivity index (χ2n) is 6.60. The number of hydrogen-bond donors (Lipinski definition) is 1. The van der Waals surface area contributed by atoms with Crippen molar-refractivity contribution in [2.45, 2.75) is 24.8 Å². The first kappa shape index (κ1) is 19.1. The summed E-state index contributed by atoms with van der Waals surface area (Å²) in [5.41, 5.74) is 1.49. The summed E-state index contributed by atoms with van der Waals surface area (Å²) in [5, 5.41) is 2.73. The first-order valence-electron chi connectivity index (χ1n) is 8.50. The first-order valence-corrected chi connectivity index (χ1v) is 9.94. The highest BCUT2D eigenvalue weighted by atomic mass is 32.2. The van der Waals surface area contributed by atoms with Crippen molar-refractivity contribution >= 4 is 33.2 Å². The second kappa shape index (κ2) is 7.13. The van der Waals surface area contributed by atoms with Gasteiger partial charge in [-0.2, -0.15) is 4.31 Å². The van der Waals surface area contributed by atoms with E-state index in [0.717, 1.165) is 0 Å². The Balaban J connectivity index is 1.90. The van der Waals surface area contributed by atoms with Crippen LogP contribution in [0.15, 0.2) is 53.4 Å². The Morgan fingerprint density at radius 2 is 1.74 bits per heavy atom. The zero-order chi connectivity index (χ0) is 19.8. The van der Waals surface area contributed by atoms with Crippen LogP contribution in [0.3, 0.4) is 0 Å². The second-order valence-corrected chi connectivity index (χ2v) is 8.59. The zero-order valence-electron chi connectivity index (χ0n) is 15.3. The van der Waals surface area contributed by atoms with Gasteiger partial charge in [-0.3, -0.25) is 14.5 Å². The maximum Gasteiger partial charge on any atom is 0.258 e. The number of amides is 2. The molecule has 1 aliphatic rings. The van der Waals surface area contributed by atoms with Crippen LogP contribution in [0.25, 0.3) is 0 Å². The third-order valence-electron chi connectivity index (χ3n) is 4.52. The van der Waals surface area contributed by atoms with Gasteiger partial charge in [0.25, 0.3) is 5.91 Å². The Bertz CT molecular complexity index is 984. The molecule has 2 aromatic carbocycles. The zero-order valence-corrected chi connectivity index (χ0v) is 16.2. The number of sulfonamides is 1. The van der Waals surface area contributed by atoms with Crippen molar-refractivity contribution < 1.29 is 18.0 Å². The average Bonchev–Trinajstić information content (AvgIpc) is 2.66. The standard InChI is InChI=1S/C19H21N3O4S/c1-13(2)21(3)27(25,26)15-10-8-14(9-11-15)19(24)22-12-18(23)20-16-6-4-5-7-17(16)22/h4-11,13H,12H2,1-3H3,(H,20,23). The lowest BCUT2D eigenvalue weighted by Gasteiger charge is -2.29. The molecule has 2 amide bonds. The van der Waals surface area contributed by atoms with Crippen molar-refractivity contribution in [1.29, 1.82) is 0 Å². The van der Waals surface area contributed by atoms with E-state index in [-0.39, 0.29) is 29.3 Å². The highest BCUT2D eigenvalue weighted by Crippen LogP contribution is 2.30. The van der Waals surface area contributed by atoms with Crippen LogP contribution in [0.1, 0.15) is 24.2 Å². The number of carbonyl (C=O) groups excluding carboxylic acids is 2. The predicted molar refractivity (Wildman–Crippen MR) is 103 cm³/mol. The summed E-state index contributed by atoms with van der Waals surface area (Å²) in [6.07, 6.45) is 0. The van der Waals surface area contributed by atoms with Crippen LogP contribution in [0.4, 0.5) is 11.4 Å². The van der Waals surface area contributed by atoms with E-state index >= 15 is 0 Å². The monoisotopic (exact) mass is 387 g/mol.